The molecule has 4 heteroatoms. The second-order valence-corrected chi connectivity index (χ2v) is 6.63. The summed E-state index contributed by atoms with van der Waals surface area (Å²) in [6.07, 6.45) is 4.03. The third-order valence-corrected chi connectivity index (χ3v) is 5.09. The number of hydrogen-bond donors (Lipinski definition) is 1. The van der Waals surface area contributed by atoms with Gasteiger partial charge in [0.25, 0.3) is 0 Å². The molecule has 1 atom stereocenters. The number of nitrogens with zero attached hydrogens (tertiary/aromatic N) is 2. The lowest BCUT2D eigenvalue weighted by molar-refractivity contribution is -0.663. The van der Waals surface area contributed by atoms with Gasteiger partial charge in [-0.3, -0.25) is 9.88 Å². The van der Waals surface area contributed by atoms with Gasteiger partial charge in [-0.1, -0.05) is 23.7 Å². The normalized spacial score (nSPS) is 21.8. The fraction of sp³-hybridized carbons (Fsp3) is 0.389. The molecule has 2 heterocycles. The van der Waals surface area contributed by atoms with Crippen molar-refractivity contribution in [1.29, 1.82) is 0 Å². The second kappa shape index (κ2) is 5.99. The van der Waals surface area contributed by atoms with Crippen molar-refractivity contribution in [2.24, 2.45) is 0 Å². The molecule has 2 N–H and O–H groups in total. The van der Waals surface area contributed by atoms with E-state index in [4.69, 9.17) is 16.6 Å². The van der Waals surface area contributed by atoms with Crippen molar-refractivity contribution < 1.29 is 5.32 Å². The maximum absolute atomic E-state index is 6.24. The van der Waals surface area contributed by atoms with Gasteiger partial charge in [-0.05, 0) is 47.7 Å². The molecule has 1 aliphatic heterocycles. The number of piperazine rings is 1. The number of fused-ring (bicyclic) bond motifs is 2. The Morgan fingerprint density at radius 1 is 1.09 bits per heavy atom. The molecule has 3 nitrogen and oxygen atoms in total. The van der Waals surface area contributed by atoms with Crippen LogP contribution in [-0.4, -0.2) is 36.1 Å². The van der Waals surface area contributed by atoms with Crippen molar-refractivity contribution in [1.82, 2.24) is 9.88 Å². The first-order valence-electron chi connectivity index (χ1n) is 8.11. The molecule has 0 saturated carbocycles. The molecule has 1 fully saturated rings. The van der Waals surface area contributed by atoms with Gasteiger partial charge >= 0.3 is 0 Å². The van der Waals surface area contributed by atoms with Crippen molar-refractivity contribution in [2.75, 3.05) is 26.2 Å². The van der Waals surface area contributed by atoms with Gasteiger partial charge in [-0.15, -0.1) is 0 Å². The predicted molar refractivity (Wildman–Crippen MR) is 88.2 cm³/mol. The molecule has 0 spiro atoms. The Hall–Kier alpha value is -1.42. The summed E-state index contributed by atoms with van der Waals surface area (Å²) >= 11 is 6.24. The van der Waals surface area contributed by atoms with Crippen LogP contribution in [0.1, 0.15) is 28.4 Å². The van der Waals surface area contributed by atoms with Crippen LogP contribution in [0.25, 0.3) is 0 Å². The smallest absolute Gasteiger partial charge is 0.0885 e. The molecular weight excluding hydrogens is 294 g/mol. The third-order valence-electron chi connectivity index (χ3n) is 4.85. The first-order chi connectivity index (χ1) is 10.8. The standard InChI is InChI=1S/C18H20ClN3/c19-15-5-6-16-14(12-15)4-3-13-2-1-7-21-17(13)18(16)22-10-8-20-9-11-22/h1-2,5-7,12,18,20H,3-4,8-11H2/p+1. The van der Waals surface area contributed by atoms with E-state index in [1.54, 1.807) is 0 Å². The minimum atomic E-state index is 0.277. The van der Waals surface area contributed by atoms with Crippen molar-refractivity contribution in [3.05, 3.63) is 63.9 Å². The predicted octanol–water partition coefficient (Wildman–Crippen LogP) is 1.80. The lowest BCUT2D eigenvalue weighted by atomic mass is 9.96. The molecule has 1 aromatic carbocycles. The molecule has 1 saturated heterocycles. The molecule has 2 aromatic rings. The van der Waals surface area contributed by atoms with Gasteiger partial charge in [0.05, 0.1) is 24.8 Å². The zero-order valence-corrected chi connectivity index (χ0v) is 13.4. The van der Waals surface area contributed by atoms with Crippen LogP contribution in [0.3, 0.4) is 0 Å². The van der Waals surface area contributed by atoms with Gasteiger partial charge in [-0.25, -0.2) is 0 Å². The molecule has 1 unspecified atom stereocenters. The van der Waals surface area contributed by atoms with Gasteiger partial charge in [-0.2, -0.15) is 0 Å². The summed E-state index contributed by atoms with van der Waals surface area (Å²) in [5, 5.41) is 3.23. The zero-order valence-electron chi connectivity index (χ0n) is 12.6. The summed E-state index contributed by atoms with van der Waals surface area (Å²) in [4.78, 5) is 7.36. The molecule has 114 valence electrons. The van der Waals surface area contributed by atoms with E-state index in [1.165, 1.54) is 35.5 Å². The Morgan fingerprint density at radius 3 is 2.77 bits per heavy atom. The molecule has 0 amide bonds. The Morgan fingerprint density at radius 2 is 1.91 bits per heavy atom. The van der Waals surface area contributed by atoms with Crippen LogP contribution in [-0.2, 0) is 12.8 Å². The lowest BCUT2D eigenvalue weighted by Gasteiger charge is -2.34. The van der Waals surface area contributed by atoms with Gasteiger partial charge in [0.15, 0.2) is 0 Å². The quantitative estimate of drug-likeness (QED) is 0.870. The van der Waals surface area contributed by atoms with Gasteiger partial charge in [0.2, 0.25) is 0 Å². The summed E-state index contributed by atoms with van der Waals surface area (Å²) in [6.45, 7) is 4.56. The number of halogens is 1. The van der Waals surface area contributed by atoms with Crippen molar-refractivity contribution >= 4 is 11.6 Å². The van der Waals surface area contributed by atoms with E-state index < -0.39 is 0 Å². The van der Waals surface area contributed by atoms with Crippen molar-refractivity contribution in [2.45, 2.75) is 18.9 Å². The van der Waals surface area contributed by atoms with E-state index in [9.17, 15) is 0 Å². The summed E-state index contributed by atoms with van der Waals surface area (Å²) < 4.78 is 0. The van der Waals surface area contributed by atoms with Crippen LogP contribution >= 0.6 is 11.6 Å². The van der Waals surface area contributed by atoms with Crippen LogP contribution < -0.4 is 5.32 Å². The first kappa shape index (κ1) is 14.2. The fourth-order valence-corrected chi connectivity index (χ4v) is 3.98. The molecule has 1 aliphatic carbocycles. The minimum absolute atomic E-state index is 0.277. The monoisotopic (exact) mass is 314 g/mol. The van der Waals surface area contributed by atoms with E-state index in [1.807, 2.05) is 12.3 Å². The highest BCUT2D eigenvalue weighted by molar-refractivity contribution is 6.30. The number of benzene rings is 1. The SMILES string of the molecule is Clc1ccc2c(c1)CCc1cccnc1C2N1CC[NH2+]CC1. The minimum Gasteiger partial charge on any atom is -0.344 e. The van der Waals surface area contributed by atoms with Crippen LogP contribution in [0.4, 0.5) is 0 Å². The van der Waals surface area contributed by atoms with Crippen LogP contribution in [0.15, 0.2) is 36.5 Å². The number of pyridine rings is 1. The van der Waals surface area contributed by atoms with Crippen LogP contribution in [0.5, 0.6) is 0 Å². The Kier molecular flexibility index (Phi) is 3.87. The Balaban J connectivity index is 1.86. The number of quaternary nitrogens is 1. The van der Waals surface area contributed by atoms with Gasteiger partial charge in [0, 0.05) is 24.3 Å². The summed E-state index contributed by atoms with van der Waals surface area (Å²) in [7, 11) is 0. The van der Waals surface area contributed by atoms with Crippen molar-refractivity contribution in [3.8, 4) is 0 Å². The zero-order chi connectivity index (χ0) is 14.9. The van der Waals surface area contributed by atoms with E-state index in [2.05, 4.69) is 34.5 Å². The summed E-state index contributed by atoms with van der Waals surface area (Å²) in [5.74, 6) is 0. The highest BCUT2D eigenvalue weighted by Crippen LogP contribution is 2.36. The summed E-state index contributed by atoms with van der Waals surface area (Å²) in [5.41, 5.74) is 5.40. The maximum atomic E-state index is 6.24. The lowest BCUT2D eigenvalue weighted by Crippen LogP contribution is -2.89. The first-order valence-corrected chi connectivity index (χ1v) is 8.48. The van der Waals surface area contributed by atoms with Crippen LogP contribution in [0, 0.1) is 0 Å². The topological polar surface area (TPSA) is 32.7 Å². The molecule has 2 aliphatic rings. The highest BCUT2D eigenvalue weighted by Gasteiger charge is 2.31. The fourth-order valence-electron chi connectivity index (χ4n) is 3.78. The number of rotatable bonds is 1. The average Bonchev–Trinajstić information content (AvgIpc) is 2.72. The molecule has 22 heavy (non-hydrogen) atoms. The summed E-state index contributed by atoms with van der Waals surface area (Å²) in [6, 6.07) is 11.0. The van der Waals surface area contributed by atoms with E-state index in [0.29, 0.717) is 0 Å². The van der Waals surface area contributed by atoms with Crippen LogP contribution in [0.2, 0.25) is 5.02 Å². The van der Waals surface area contributed by atoms with E-state index >= 15 is 0 Å². The highest BCUT2D eigenvalue weighted by atomic mass is 35.5. The molecule has 1 aromatic heterocycles. The molecule has 0 bridgehead atoms. The Bertz CT molecular complexity index is 680. The van der Waals surface area contributed by atoms with E-state index in [-0.39, 0.29) is 6.04 Å². The number of aryl methyl sites for hydroxylation is 2. The Labute approximate surface area is 136 Å². The van der Waals surface area contributed by atoms with E-state index in [0.717, 1.165) is 31.0 Å². The number of nitrogens with two attached hydrogens (primary N) is 1. The maximum Gasteiger partial charge on any atom is 0.0885 e. The average molecular weight is 315 g/mol. The molecule has 4 rings (SSSR count). The third kappa shape index (κ3) is 2.54. The van der Waals surface area contributed by atoms with Crippen molar-refractivity contribution in [3.63, 3.8) is 0 Å². The molecular formula is C18H21ClN3+. The second-order valence-electron chi connectivity index (χ2n) is 6.20. The van der Waals surface area contributed by atoms with Gasteiger partial charge in [0.1, 0.15) is 0 Å². The number of hydrogen-bond acceptors (Lipinski definition) is 2. The van der Waals surface area contributed by atoms with Gasteiger partial charge < -0.3 is 5.32 Å². The number of aromatic nitrogens is 1. The molecule has 0 radical (unpaired) electrons. The largest absolute Gasteiger partial charge is 0.344 e.